The lowest BCUT2D eigenvalue weighted by Gasteiger charge is -2.34. The van der Waals surface area contributed by atoms with E-state index in [9.17, 15) is 0 Å². The molecule has 1 aliphatic rings. The molecule has 1 aliphatic carbocycles. The van der Waals surface area contributed by atoms with Crippen LogP contribution in [0.25, 0.3) is 67.5 Å². The van der Waals surface area contributed by atoms with E-state index in [4.69, 9.17) is 15.0 Å². The molecular weight excluding hydrogens is 669 g/mol. The van der Waals surface area contributed by atoms with Crippen LogP contribution in [0, 0.1) is 0 Å². The Balaban J connectivity index is 1.10. The maximum atomic E-state index is 4.96. The maximum Gasteiger partial charge on any atom is 0.164 e. The summed E-state index contributed by atoms with van der Waals surface area (Å²) in [5.41, 5.74) is 14.3. The normalized spacial score (nSPS) is 12.5. The number of rotatable bonds is 7. The van der Waals surface area contributed by atoms with E-state index in [1.165, 1.54) is 33.4 Å². The van der Waals surface area contributed by atoms with Gasteiger partial charge in [0.2, 0.25) is 0 Å². The summed E-state index contributed by atoms with van der Waals surface area (Å²) in [4.78, 5) is 19.2. The summed E-state index contributed by atoms with van der Waals surface area (Å²) < 4.78 is 0. The van der Waals surface area contributed by atoms with Gasteiger partial charge in [0.25, 0.3) is 0 Å². The van der Waals surface area contributed by atoms with Crippen molar-refractivity contribution in [2.75, 3.05) is 0 Å². The highest BCUT2D eigenvalue weighted by Crippen LogP contribution is 2.56. The quantitative estimate of drug-likeness (QED) is 0.166. The Morgan fingerprint density at radius 2 is 0.727 bits per heavy atom. The predicted octanol–water partition coefficient (Wildman–Crippen LogP) is 12.0. The molecule has 0 radical (unpaired) electrons. The van der Waals surface area contributed by atoms with Gasteiger partial charge in [-0.25, -0.2) is 15.0 Å². The van der Waals surface area contributed by atoms with Gasteiger partial charge in [-0.05, 0) is 73.8 Å². The highest BCUT2D eigenvalue weighted by Gasteiger charge is 2.46. The third-order valence-corrected chi connectivity index (χ3v) is 10.7. The highest BCUT2D eigenvalue weighted by atomic mass is 15.0. The lowest BCUT2D eigenvalue weighted by atomic mass is 9.67. The van der Waals surface area contributed by atoms with Gasteiger partial charge in [0.1, 0.15) is 0 Å². The molecule has 0 amide bonds. The lowest BCUT2D eigenvalue weighted by Crippen LogP contribution is -2.28. The standard InChI is InChI=1S/C51H34N4/c1-3-14-36(15-4-1)48-53-49(37-16-5-2-6-17-37)55-50(54-48)38-29-27-35(28-30-38)39-18-11-21-42(32-39)51(43-22-12-19-40(33-43)41-20-13-31-52-34-41)46-25-9-7-23-44(46)45-24-8-10-26-47(45)51/h1-34H. The fourth-order valence-corrected chi connectivity index (χ4v) is 8.17. The van der Waals surface area contributed by atoms with Crippen LogP contribution in [0.3, 0.4) is 0 Å². The summed E-state index contributed by atoms with van der Waals surface area (Å²) in [5.74, 6) is 1.94. The van der Waals surface area contributed by atoms with Gasteiger partial charge in [0, 0.05) is 29.1 Å². The van der Waals surface area contributed by atoms with Crippen molar-refractivity contribution in [3.63, 3.8) is 0 Å². The van der Waals surface area contributed by atoms with E-state index in [-0.39, 0.29) is 0 Å². The molecule has 2 heterocycles. The molecule has 4 nitrogen and oxygen atoms in total. The lowest BCUT2D eigenvalue weighted by molar-refractivity contribution is 0.769. The molecule has 0 aliphatic heterocycles. The smallest absolute Gasteiger partial charge is 0.164 e. The Labute approximate surface area is 320 Å². The average molecular weight is 703 g/mol. The van der Waals surface area contributed by atoms with Crippen molar-refractivity contribution in [2.24, 2.45) is 0 Å². The number of fused-ring (bicyclic) bond motifs is 3. The fraction of sp³-hybridized carbons (Fsp3) is 0.0196. The topological polar surface area (TPSA) is 51.6 Å². The van der Waals surface area contributed by atoms with Gasteiger partial charge in [-0.2, -0.15) is 0 Å². The molecule has 0 fully saturated rings. The third-order valence-electron chi connectivity index (χ3n) is 10.7. The van der Waals surface area contributed by atoms with E-state index in [1.807, 2.05) is 79.1 Å². The first-order chi connectivity index (χ1) is 27.3. The highest BCUT2D eigenvalue weighted by molar-refractivity contribution is 5.87. The van der Waals surface area contributed by atoms with E-state index in [0.717, 1.165) is 38.9 Å². The van der Waals surface area contributed by atoms with Crippen LogP contribution in [-0.4, -0.2) is 19.9 Å². The first kappa shape index (κ1) is 32.4. The molecule has 55 heavy (non-hydrogen) atoms. The number of benzene rings is 7. The van der Waals surface area contributed by atoms with Gasteiger partial charge < -0.3 is 0 Å². The molecular formula is C51H34N4. The SMILES string of the molecule is c1ccc(-c2nc(-c3ccccc3)nc(-c3ccc(-c4cccc(C5(c6cccc(-c7cccnc7)c6)c6ccccc6-c6ccccc65)c4)cc3)n2)cc1. The molecule has 0 unspecified atom stereocenters. The Kier molecular flexibility index (Phi) is 8.00. The van der Waals surface area contributed by atoms with Crippen LogP contribution in [0.2, 0.25) is 0 Å². The van der Waals surface area contributed by atoms with Crippen molar-refractivity contribution in [1.82, 2.24) is 19.9 Å². The van der Waals surface area contributed by atoms with Crippen LogP contribution in [0.4, 0.5) is 0 Å². The number of nitrogens with zero attached hydrogens (tertiary/aromatic N) is 4. The van der Waals surface area contributed by atoms with E-state index in [1.54, 1.807) is 0 Å². The van der Waals surface area contributed by atoms with Crippen molar-refractivity contribution in [2.45, 2.75) is 5.41 Å². The summed E-state index contributed by atoms with van der Waals surface area (Å²) in [6.45, 7) is 0. The zero-order valence-electron chi connectivity index (χ0n) is 29.9. The molecule has 10 rings (SSSR count). The number of pyridine rings is 1. The zero-order valence-corrected chi connectivity index (χ0v) is 29.9. The second kappa shape index (κ2) is 13.6. The van der Waals surface area contributed by atoms with Crippen LogP contribution < -0.4 is 0 Å². The van der Waals surface area contributed by atoms with Gasteiger partial charge >= 0.3 is 0 Å². The summed E-state index contributed by atoms with van der Waals surface area (Å²) in [5, 5.41) is 0. The van der Waals surface area contributed by atoms with Gasteiger partial charge in [-0.15, -0.1) is 0 Å². The summed E-state index contributed by atoms with van der Waals surface area (Å²) in [7, 11) is 0. The third kappa shape index (κ3) is 5.63. The fourth-order valence-electron chi connectivity index (χ4n) is 8.17. The van der Waals surface area contributed by atoms with Gasteiger partial charge in [-0.3, -0.25) is 4.98 Å². The van der Waals surface area contributed by atoms with Crippen molar-refractivity contribution in [1.29, 1.82) is 0 Å². The molecule has 4 heteroatoms. The molecule has 258 valence electrons. The van der Waals surface area contributed by atoms with Crippen molar-refractivity contribution >= 4 is 0 Å². The Hall–Kier alpha value is -7.30. The largest absolute Gasteiger partial charge is 0.264 e. The second-order valence-corrected chi connectivity index (χ2v) is 13.9. The summed E-state index contributed by atoms with van der Waals surface area (Å²) >= 11 is 0. The van der Waals surface area contributed by atoms with Crippen molar-refractivity contribution in [3.05, 3.63) is 229 Å². The Morgan fingerprint density at radius 3 is 1.24 bits per heavy atom. The molecule has 0 N–H and O–H groups in total. The van der Waals surface area contributed by atoms with Crippen LogP contribution in [0.5, 0.6) is 0 Å². The van der Waals surface area contributed by atoms with Crippen molar-refractivity contribution in [3.8, 4) is 67.5 Å². The minimum Gasteiger partial charge on any atom is -0.264 e. The molecule has 0 atom stereocenters. The number of hydrogen-bond donors (Lipinski definition) is 0. The average Bonchev–Trinajstić information content (AvgIpc) is 3.58. The minimum absolute atomic E-state index is 0.534. The molecule has 7 aromatic carbocycles. The minimum atomic E-state index is -0.534. The van der Waals surface area contributed by atoms with E-state index >= 15 is 0 Å². The molecule has 0 saturated heterocycles. The van der Waals surface area contributed by atoms with E-state index < -0.39 is 5.41 Å². The maximum absolute atomic E-state index is 4.96. The van der Waals surface area contributed by atoms with Crippen LogP contribution in [0.15, 0.2) is 207 Å². The molecule has 2 aromatic heterocycles. The summed E-state index contributed by atoms with van der Waals surface area (Å²) in [6, 6.07) is 68.7. The van der Waals surface area contributed by atoms with Crippen molar-refractivity contribution < 1.29 is 0 Å². The number of hydrogen-bond acceptors (Lipinski definition) is 4. The molecule has 0 saturated carbocycles. The van der Waals surface area contributed by atoms with Crippen LogP contribution >= 0.6 is 0 Å². The number of aromatic nitrogens is 4. The van der Waals surface area contributed by atoms with Crippen LogP contribution in [0.1, 0.15) is 22.3 Å². The van der Waals surface area contributed by atoms with Gasteiger partial charge in [-0.1, -0.05) is 176 Å². The zero-order chi connectivity index (χ0) is 36.6. The second-order valence-electron chi connectivity index (χ2n) is 13.9. The summed E-state index contributed by atoms with van der Waals surface area (Å²) in [6.07, 6.45) is 3.76. The molecule has 0 spiro atoms. The van der Waals surface area contributed by atoms with Gasteiger partial charge in [0.05, 0.1) is 5.41 Å². The van der Waals surface area contributed by atoms with Gasteiger partial charge in [0.15, 0.2) is 17.5 Å². The van der Waals surface area contributed by atoms with E-state index in [2.05, 4.69) is 132 Å². The van der Waals surface area contributed by atoms with E-state index in [0.29, 0.717) is 17.5 Å². The Bertz CT molecular complexity index is 2690. The Morgan fingerprint density at radius 1 is 0.309 bits per heavy atom. The first-order valence-corrected chi connectivity index (χ1v) is 18.5. The van der Waals surface area contributed by atoms with Crippen LogP contribution in [-0.2, 0) is 5.41 Å². The first-order valence-electron chi connectivity index (χ1n) is 18.5. The molecule has 0 bridgehead atoms. The monoisotopic (exact) mass is 702 g/mol. The predicted molar refractivity (Wildman–Crippen MR) is 222 cm³/mol. The molecule has 9 aromatic rings.